The molecule has 2 rings (SSSR count). The van der Waals surface area contributed by atoms with Crippen LogP contribution < -0.4 is 10.5 Å². The first-order chi connectivity index (χ1) is 9.49. The van der Waals surface area contributed by atoms with E-state index in [2.05, 4.69) is 9.62 Å². The van der Waals surface area contributed by atoms with Gasteiger partial charge in [-0.05, 0) is 50.6 Å². The lowest BCUT2D eigenvalue weighted by atomic mass is 10.1. The molecule has 0 spiro atoms. The molecule has 1 aromatic rings. The summed E-state index contributed by atoms with van der Waals surface area (Å²) in [6.07, 6.45) is 3.69. The van der Waals surface area contributed by atoms with Gasteiger partial charge < -0.3 is 10.6 Å². The molecule has 5 nitrogen and oxygen atoms in total. The molecule has 112 valence electrons. The molecule has 0 unspecified atom stereocenters. The first kappa shape index (κ1) is 15.3. The first-order valence-electron chi connectivity index (χ1n) is 7.07. The second kappa shape index (κ2) is 6.56. The van der Waals surface area contributed by atoms with Crippen LogP contribution in [-0.4, -0.2) is 39.5 Å². The summed E-state index contributed by atoms with van der Waals surface area (Å²) in [4.78, 5) is 2.46. The maximum Gasteiger partial charge on any atom is 0.242 e. The van der Waals surface area contributed by atoms with Crippen molar-refractivity contribution in [2.45, 2.75) is 31.1 Å². The minimum Gasteiger partial charge on any atom is -0.398 e. The van der Waals surface area contributed by atoms with Gasteiger partial charge in [-0.2, -0.15) is 0 Å². The molecule has 3 N–H and O–H groups in total. The highest BCUT2D eigenvalue weighted by molar-refractivity contribution is 7.89. The molecule has 1 saturated heterocycles. The van der Waals surface area contributed by atoms with Crippen molar-refractivity contribution in [3.05, 3.63) is 23.8 Å². The van der Waals surface area contributed by atoms with Crippen LogP contribution in [0.4, 0.5) is 5.69 Å². The number of hydrogen-bond donors (Lipinski definition) is 2. The van der Waals surface area contributed by atoms with E-state index in [-0.39, 0.29) is 4.90 Å². The first-order valence-corrected chi connectivity index (χ1v) is 8.55. The Bertz CT molecular complexity index is 552. The average molecular weight is 297 g/mol. The molecule has 1 aliphatic heterocycles. The molecule has 0 bridgehead atoms. The molecule has 1 heterocycles. The number of piperidine rings is 1. The second-order valence-corrected chi connectivity index (χ2v) is 7.08. The van der Waals surface area contributed by atoms with Crippen LogP contribution in [0.5, 0.6) is 0 Å². The van der Waals surface area contributed by atoms with Crippen LogP contribution in [0.1, 0.15) is 24.8 Å². The Labute approximate surface area is 121 Å². The Balaban J connectivity index is 1.93. The van der Waals surface area contributed by atoms with Gasteiger partial charge in [0.05, 0.1) is 5.69 Å². The second-order valence-electron chi connectivity index (χ2n) is 5.34. The Hall–Kier alpha value is -1.11. The normalized spacial score (nSPS) is 17.2. The molecule has 0 radical (unpaired) electrons. The number of nitrogen functional groups attached to an aromatic ring is 1. The summed E-state index contributed by atoms with van der Waals surface area (Å²) in [7, 11) is -3.51. The third-order valence-corrected chi connectivity index (χ3v) is 5.16. The molecule has 0 atom stereocenters. The van der Waals surface area contributed by atoms with Crippen LogP contribution in [0.15, 0.2) is 23.1 Å². The Morgan fingerprint density at radius 2 is 1.95 bits per heavy atom. The number of nitrogens with two attached hydrogens (primary N) is 1. The number of rotatable bonds is 5. The Morgan fingerprint density at radius 1 is 1.25 bits per heavy atom. The standard InChI is InChI=1S/C14H23N3O2S/c1-12-5-6-14(13(15)11-12)20(18,19)16-7-10-17-8-3-2-4-9-17/h5-6,11,16H,2-4,7-10,15H2,1H3. The number of sulfonamides is 1. The van der Waals surface area contributed by atoms with Crippen molar-refractivity contribution in [2.75, 3.05) is 31.9 Å². The van der Waals surface area contributed by atoms with Gasteiger partial charge in [0.15, 0.2) is 0 Å². The zero-order valence-electron chi connectivity index (χ0n) is 11.9. The lowest BCUT2D eigenvalue weighted by Crippen LogP contribution is -2.37. The molecular formula is C14H23N3O2S. The highest BCUT2D eigenvalue weighted by Gasteiger charge is 2.17. The summed E-state index contributed by atoms with van der Waals surface area (Å²) in [5.41, 5.74) is 7.05. The van der Waals surface area contributed by atoms with Crippen LogP contribution in [-0.2, 0) is 10.0 Å². The summed E-state index contributed by atoms with van der Waals surface area (Å²) < 4.78 is 27.0. The number of nitrogens with one attached hydrogen (secondary N) is 1. The van der Waals surface area contributed by atoms with E-state index in [1.807, 2.05) is 6.92 Å². The van der Waals surface area contributed by atoms with Crippen LogP contribution in [0, 0.1) is 6.92 Å². The fourth-order valence-corrected chi connectivity index (χ4v) is 3.64. The van der Waals surface area contributed by atoms with Crippen molar-refractivity contribution in [2.24, 2.45) is 0 Å². The number of aryl methyl sites for hydroxylation is 1. The summed E-state index contributed by atoms with van der Waals surface area (Å²) in [6.45, 7) is 5.19. The Morgan fingerprint density at radius 3 is 2.60 bits per heavy atom. The van der Waals surface area contributed by atoms with Gasteiger partial charge in [-0.3, -0.25) is 0 Å². The van der Waals surface area contributed by atoms with E-state index >= 15 is 0 Å². The third-order valence-electron chi connectivity index (χ3n) is 3.62. The van der Waals surface area contributed by atoms with Crippen molar-refractivity contribution >= 4 is 15.7 Å². The number of anilines is 1. The van der Waals surface area contributed by atoms with Gasteiger partial charge in [0.1, 0.15) is 4.90 Å². The highest BCUT2D eigenvalue weighted by atomic mass is 32.2. The maximum atomic E-state index is 12.2. The predicted molar refractivity (Wildman–Crippen MR) is 81.1 cm³/mol. The molecule has 6 heteroatoms. The van der Waals surface area contributed by atoms with Gasteiger partial charge in [-0.25, -0.2) is 13.1 Å². The van der Waals surface area contributed by atoms with Gasteiger partial charge in [0.25, 0.3) is 0 Å². The fraction of sp³-hybridized carbons (Fsp3) is 0.571. The van der Waals surface area contributed by atoms with Crippen LogP contribution in [0.3, 0.4) is 0 Å². The monoisotopic (exact) mass is 297 g/mol. The number of benzene rings is 1. The number of hydrogen-bond acceptors (Lipinski definition) is 4. The topological polar surface area (TPSA) is 75.4 Å². The maximum absolute atomic E-state index is 12.2. The van der Waals surface area contributed by atoms with E-state index in [1.54, 1.807) is 18.2 Å². The molecule has 0 amide bonds. The molecule has 1 fully saturated rings. The van der Waals surface area contributed by atoms with Crippen molar-refractivity contribution < 1.29 is 8.42 Å². The van der Waals surface area contributed by atoms with E-state index in [9.17, 15) is 8.42 Å². The minimum atomic E-state index is -3.51. The van der Waals surface area contributed by atoms with Gasteiger partial charge in [0, 0.05) is 13.1 Å². The van der Waals surface area contributed by atoms with Crippen molar-refractivity contribution in [3.63, 3.8) is 0 Å². The zero-order valence-corrected chi connectivity index (χ0v) is 12.7. The minimum absolute atomic E-state index is 0.168. The van der Waals surface area contributed by atoms with E-state index in [0.29, 0.717) is 12.2 Å². The van der Waals surface area contributed by atoms with Gasteiger partial charge in [0.2, 0.25) is 10.0 Å². The Kier molecular flexibility index (Phi) is 5.01. The highest BCUT2D eigenvalue weighted by Crippen LogP contribution is 2.19. The van der Waals surface area contributed by atoms with Crippen molar-refractivity contribution in [1.29, 1.82) is 0 Å². The van der Waals surface area contributed by atoms with Gasteiger partial charge in [-0.15, -0.1) is 0 Å². The van der Waals surface area contributed by atoms with Gasteiger partial charge in [-0.1, -0.05) is 12.5 Å². The van der Waals surface area contributed by atoms with E-state index in [0.717, 1.165) is 25.2 Å². The summed E-state index contributed by atoms with van der Waals surface area (Å²) in [5, 5.41) is 0. The molecule has 1 aromatic carbocycles. The number of nitrogens with zero attached hydrogens (tertiary/aromatic N) is 1. The molecule has 0 aromatic heterocycles. The predicted octanol–water partition coefficient (Wildman–Crippen LogP) is 1.34. The third kappa shape index (κ3) is 3.94. The lowest BCUT2D eigenvalue weighted by molar-refractivity contribution is 0.233. The van der Waals surface area contributed by atoms with Crippen LogP contribution in [0.2, 0.25) is 0 Å². The number of likely N-dealkylation sites (tertiary alicyclic amines) is 1. The van der Waals surface area contributed by atoms with Crippen LogP contribution >= 0.6 is 0 Å². The van der Waals surface area contributed by atoms with E-state index in [1.165, 1.54) is 19.3 Å². The van der Waals surface area contributed by atoms with Crippen molar-refractivity contribution in [1.82, 2.24) is 9.62 Å². The average Bonchev–Trinajstić information content (AvgIpc) is 2.39. The molecule has 0 aliphatic carbocycles. The molecular weight excluding hydrogens is 274 g/mol. The lowest BCUT2D eigenvalue weighted by Gasteiger charge is -2.26. The molecule has 20 heavy (non-hydrogen) atoms. The molecule has 1 aliphatic rings. The SMILES string of the molecule is Cc1ccc(S(=O)(=O)NCCN2CCCCC2)c(N)c1. The zero-order chi connectivity index (χ0) is 14.6. The van der Waals surface area contributed by atoms with Gasteiger partial charge >= 0.3 is 0 Å². The summed E-state index contributed by atoms with van der Waals surface area (Å²) in [6, 6.07) is 5.00. The summed E-state index contributed by atoms with van der Waals surface area (Å²) >= 11 is 0. The van der Waals surface area contributed by atoms with Crippen molar-refractivity contribution in [3.8, 4) is 0 Å². The van der Waals surface area contributed by atoms with Crippen LogP contribution in [0.25, 0.3) is 0 Å². The smallest absolute Gasteiger partial charge is 0.242 e. The van der Waals surface area contributed by atoms with E-state index in [4.69, 9.17) is 5.73 Å². The fourth-order valence-electron chi connectivity index (χ4n) is 2.51. The molecule has 0 saturated carbocycles. The largest absolute Gasteiger partial charge is 0.398 e. The quantitative estimate of drug-likeness (QED) is 0.804. The summed E-state index contributed by atoms with van der Waals surface area (Å²) in [5.74, 6) is 0. The van der Waals surface area contributed by atoms with E-state index < -0.39 is 10.0 Å².